The number of ether oxygens (including phenoxy) is 2. The van der Waals surface area contributed by atoms with Crippen LogP contribution in [-0.4, -0.2) is 40.8 Å². The van der Waals surface area contributed by atoms with Crippen LogP contribution >= 0.6 is 0 Å². The Bertz CT molecular complexity index is 856. The number of hydrogen-bond acceptors (Lipinski definition) is 5. The fourth-order valence-electron chi connectivity index (χ4n) is 8.32. The predicted molar refractivity (Wildman–Crippen MR) is 123 cm³/mol. The van der Waals surface area contributed by atoms with Crippen LogP contribution in [0.4, 0.5) is 0 Å². The average Bonchev–Trinajstić information content (AvgIpc) is 2.61. The number of ketones is 1. The van der Waals surface area contributed by atoms with Crippen molar-refractivity contribution in [3.8, 4) is 0 Å². The Labute approximate surface area is 192 Å². The van der Waals surface area contributed by atoms with Crippen LogP contribution in [0.25, 0.3) is 0 Å². The van der Waals surface area contributed by atoms with Gasteiger partial charge in [-0.05, 0) is 55.1 Å². The van der Waals surface area contributed by atoms with Crippen molar-refractivity contribution < 1.29 is 24.2 Å². The Morgan fingerprint density at radius 1 is 1.19 bits per heavy atom. The number of aliphatic hydroxyl groups excluding tert-OH is 1. The van der Waals surface area contributed by atoms with Crippen LogP contribution in [0.5, 0.6) is 0 Å². The van der Waals surface area contributed by atoms with Crippen LogP contribution in [0.2, 0.25) is 0 Å². The summed E-state index contributed by atoms with van der Waals surface area (Å²) in [5.41, 5.74) is 0.714. The highest BCUT2D eigenvalue weighted by Gasteiger charge is 2.65. The summed E-state index contributed by atoms with van der Waals surface area (Å²) in [6.07, 6.45) is 5.33. The number of carbonyl (C=O) groups excluding carboxylic acids is 2. The molecule has 3 fully saturated rings. The molecule has 4 rings (SSSR count). The van der Waals surface area contributed by atoms with Gasteiger partial charge in [0, 0.05) is 38.0 Å². The van der Waals surface area contributed by atoms with E-state index >= 15 is 0 Å². The summed E-state index contributed by atoms with van der Waals surface area (Å²) < 4.78 is 12.9. The second kappa shape index (κ2) is 7.80. The van der Waals surface area contributed by atoms with E-state index in [1.165, 1.54) is 6.92 Å². The van der Waals surface area contributed by atoms with Crippen molar-refractivity contribution in [3.63, 3.8) is 0 Å². The molecule has 5 nitrogen and oxygen atoms in total. The molecule has 0 amide bonds. The molecule has 0 aromatic heterocycles. The first-order chi connectivity index (χ1) is 14.8. The summed E-state index contributed by atoms with van der Waals surface area (Å²) in [5, 5.41) is 11.5. The van der Waals surface area contributed by atoms with E-state index in [1.54, 1.807) is 0 Å². The number of aliphatic hydroxyl groups is 1. The Hall–Kier alpha value is -1.46. The number of hydrogen-bond donors (Lipinski definition) is 1. The van der Waals surface area contributed by atoms with Gasteiger partial charge in [-0.3, -0.25) is 9.59 Å². The van der Waals surface area contributed by atoms with Crippen LogP contribution in [0.1, 0.15) is 80.1 Å². The zero-order valence-corrected chi connectivity index (χ0v) is 20.6. The topological polar surface area (TPSA) is 72.8 Å². The quantitative estimate of drug-likeness (QED) is 0.466. The SMILES string of the molecule is C=C1CC(OC(C)=O)C2C(C)(CC(O)C3C(C)(C)CCCC32C)OC2C=C(C)C(=O)CC12. The lowest BCUT2D eigenvalue weighted by Gasteiger charge is -2.65. The van der Waals surface area contributed by atoms with Gasteiger partial charge >= 0.3 is 5.97 Å². The summed E-state index contributed by atoms with van der Waals surface area (Å²) >= 11 is 0. The number of Topliss-reactive ketones (excluding diaryl/α,β-unsaturated/α-hetero) is 1. The minimum atomic E-state index is -0.682. The zero-order chi connectivity index (χ0) is 23.6. The van der Waals surface area contributed by atoms with Crippen molar-refractivity contribution in [2.24, 2.45) is 28.6 Å². The number of rotatable bonds is 1. The van der Waals surface area contributed by atoms with Crippen LogP contribution in [0, 0.1) is 28.6 Å². The Kier molecular flexibility index (Phi) is 5.77. The van der Waals surface area contributed by atoms with Crippen molar-refractivity contribution in [1.82, 2.24) is 0 Å². The molecule has 0 bridgehead atoms. The third-order valence-corrected chi connectivity index (χ3v) is 9.19. The lowest BCUT2D eigenvalue weighted by Crippen LogP contribution is -2.68. The highest BCUT2D eigenvalue weighted by molar-refractivity contribution is 5.96. The molecule has 0 spiro atoms. The van der Waals surface area contributed by atoms with Crippen molar-refractivity contribution >= 4 is 11.8 Å². The first-order valence-electron chi connectivity index (χ1n) is 12.2. The van der Waals surface area contributed by atoms with Gasteiger partial charge in [-0.2, -0.15) is 0 Å². The normalized spacial score (nSPS) is 46.0. The van der Waals surface area contributed by atoms with Gasteiger partial charge in [-0.25, -0.2) is 0 Å². The summed E-state index contributed by atoms with van der Waals surface area (Å²) in [6.45, 7) is 16.5. The second-order valence-electron chi connectivity index (χ2n) is 12.1. The van der Waals surface area contributed by atoms with Gasteiger partial charge in [-0.1, -0.05) is 39.3 Å². The monoisotopic (exact) mass is 444 g/mol. The lowest BCUT2D eigenvalue weighted by atomic mass is 9.43. The summed E-state index contributed by atoms with van der Waals surface area (Å²) in [6, 6.07) is 0. The van der Waals surface area contributed by atoms with Gasteiger partial charge in [0.2, 0.25) is 0 Å². The molecule has 1 aliphatic heterocycles. The maximum absolute atomic E-state index is 12.5. The van der Waals surface area contributed by atoms with E-state index in [1.807, 2.05) is 13.0 Å². The molecule has 4 aliphatic rings. The van der Waals surface area contributed by atoms with Crippen molar-refractivity contribution in [2.45, 2.75) is 104 Å². The standard InChI is InChI=1S/C27H40O5/c1-15-11-22(31-17(3)28)24-26(6)10-8-9-25(4,5)23(26)20(30)14-27(24,7)32-21-12-16(2)19(29)13-18(15)21/h12,18,20-24,30H,1,8-11,13-14H2,2-7H3. The molecule has 3 aliphatic carbocycles. The van der Waals surface area contributed by atoms with E-state index in [0.29, 0.717) is 19.3 Å². The fraction of sp³-hybridized carbons (Fsp3) is 0.778. The Balaban J connectivity index is 1.85. The van der Waals surface area contributed by atoms with Gasteiger partial charge in [0.25, 0.3) is 0 Å². The molecule has 5 heteroatoms. The maximum atomic E-state index is 12.5. The third kappa shape index (κ3) is 3.69. The highest BCUT2D eigenvalue weighted by Crippen LogP contribution is 2.65. The summed E-state index contributed by atoms with van der Waals surface area (Å²) in [5.74, 6) is -0.299. The van der Waals surface area contributed by atoms with Crippen molar-refractivity contribution in [3.05, 3.63) is 23.8 Å². The van der Waals surface area contributed by atoms with Crippen LogP contribution in [-0.2, 0) is 19.1 Å². The van der Waals surface area contributed by atoms with E-state index in [0.717, 1.165) is 30.4 Å². The van der Waals surface area contributed by atoms with Crippen LogP contribution in [0.3, 0.4) is 0 Å². The molecule has 1 saturated heterocycles. The first-order valence-corrected chi connectivity index (χ1v) is 12.2. The lowest BCUT2D eigenvalue weighted by molar-refractivity contribution is -0.268. The number of esters is 1. The average molecular weight is 445 g/mol. The smallest absolute Gasteiger partial charge is 0.302 e. The molecule has 0 aromatic rings. The summed E-state index contributed by atoms with van der Waals surface area (Å²) in [4.78, 5) is 24.7. The Morgan fingerprint density at radius 3 is 2.53 bits per heavy atom. The first kappa shape index (κ1) is 23.7. The summed E-state index contributed by atoms with van der Waals surface area (Å²) in [7, 11) is 0. The molecule has 1 heterocycles. The third-order valence-electron chi connectivity index (χ3n) is 9.19. The van der Waals surface area contributed by atoms with E-state index in [-0.39, 0.29) is 52.5 Å². The minimum absolute atomic E-state index is 0.00974. The van der Waals surface area contributed by atoms with Gasteiger partial charge in [0.05, 0.1) is 17.8 Å². The molecule has 0 radical (unpaired) electrons. The predicted octanol–water partition coefficient (Wildman–Crippen LogP) is 4.77. The number of carbonyl (C=O) groups is 2. The van der Waals surface area contributed by atoms with E-state index in [4.69, 9.17) is 9.47 Å². The highest BCUT2D eigenvalue weighted by atomic mass is 16.6. The minimum Gasteiger partial charge on any atom is -0.462 e. The van der Waals surface area contributed by atoms with Gasteiger partial charge in [-0.15, -0.1) is 0 Å². The molecule has 8 atom stereocenters. The molecule has 32 heavy (non-hydrogen) atoms. The molecular weight excluding hydrogens is 404 g/mol. The van der Waals surface area contributed by atoms with Crippen molar-refractivity contribution in [1.29, 1.82) is 0 Å². The van der Waals surface area contributed by atoms with Gasteiger partial charge < -0.3 is 14.6 Å². The van der Waals surface area contributed by atoms with Gasteiger partial charge in [0.1, 0.15) is 6.10 Å². The van der Waals surface area contributed by atoms with E-state index in [9.17, 15) is 14.7 Å². The molecule has 2 saturated carbocycles. The molecule has 8 unspecified atom stereocenters. The van der Waals surface area contributed by atoms with Gasteiger partial charge in [0.15, 0.2) is 5.78 Å². The van der Waals surface area contributed by atoms with Crippen LogP contribution < -0.4 is 0 Å². The molecule has 178 valence electrons. The van der Waals surface area contributed by atoms with E-state index in [2.05, 4.69) is 34.3 Å². The number of fused-ring (bicyclic) bond motifs is 4. The second-order valence-corrected chi connectivity index (χ2v) is 12.1. The largest absolute Gasteiger partial charge is 0.462 e. The fourth-order valence-corrected chi connectivity index (χ4v) is 8.32. The number of allylic oxidation sites excluding steroid dienone is 1. The molecule has 0 aromatic carbocycles. The maximum Gasteiger partial charge on any atom is 0.302 e. The molecular formula is C27H40O5. The molecule has 1 N–H and O–H groups in total. The van der Waals surface area contributed by atoms with E-state index < -0.39 is 11.7 Å². The zero-order valence-electron chi connectivity index (χ0n) is 20.6. The van der Waals surface area contributed by atoms with Crippen LogP contribution in [0.15, 0.2) is 23.8 Å². The van der Waals surface area contributed by atoms with Crippen molar-refractivity contribution in [2.75, 3.05) is 0 Å². The Morgan fingerprint density at radius 2 is 1.88 bits per heavy atom.